The number of aliphatic hydroxyl groups excluding tert-OH is 1. The van der Waals surface area contributed by atoms with Crippen LogP contribution < -0.4 is 11.4 Å². The minimum absolute atomic E-state index is 0.109. The summed E-state index contributed by atoms with van der Waals surface area (Å²) in [7, 11) is 0. The molecule has 0 saturated carbocycles. The molecule has 1 aromatic rings. The third-order valence-electron chi connectivity index (χ3n) is 2.01. The quantitative estimate of drug-likeness (QED) is 0.725. The van der Waals surface area contributed by atoms with Gasteiger partial charge in [-0.2, -0.15) is 4.98 Å². The molecule has 3 N–H and O–H groups in total. The minimum Gasteiger partial charge on any atom is -0.394 e. The van der Waals surface area contributed by atoms with Crippen molar-refractivity contribution < 1.29 is 14.2 Å². The lowest BCUT2D eigenvalue weighted by atomic mass is 10.4. The number of hydrogen-bond acceptors (Lipinski definition) is 5. The van der Waals surface area contributed by atoms with Crippen LogP contribution in [0.3, 0.4) is 0 Å². The normalized spacial score (nSPS) is 14.7. The predicted octanol–water partition coefficient (Wildman–Crippen LogP) is -0.309. The average Bonchev–Trinajstić information content (AvgIpc) is 2.25. The van der Waals surface area contributed by atoms with E-state index in [-0.39, 0.29) is 5.82 Å². The van der Waals surface area contributed by atoms with Crippen molar-refractivity contribution in [2.75, 3.05) is 19.0 Å². The molecule has 0 aliphatic rings. The second-order valence-electron chi connectivity index (χ2n) is 3.24. The van der Waals surface area contributed by atoms with Crippen LogP contribution in [0.2, 0.25) is 0 Å². The highest BCUT2D eigenvalue weighted by molar-refractivity contribution is 5.23. The number of nitrogens with zero attached hydrogens (tertiary/aromatic N) is 2. The molecule has 0 aromatic carbocycles. The molecule has 0 radical (unpaired) electrons. The molecule has 1 heterocycles. The van der Waals surface area contributed by atoms with Crippen LogP contribution in [0.25, 0.3) is 0 Å². The summed E-state index contributed by atoms with van der Waals surface area (Å²) < 4.78 is 18.6. The molecule has 0 fully saturated rings. The van der Waals surface area contributed by atoms with Crippen molar-refractivity contribution in [1.82, 2.24) is 9.55 Å². The van der Waals surface area contributed by atoms with Gasteiger partial charge < -0.3 is 15.6 Å². The van der Waals surface area contributed by atoms with E-state index in [0.29, 0.717) is 0 Å². The summed E-state index contributed by atoms with van der Waals surface area (Å²) in [4.78, 5) is 14.9. The lowest BCUT2D eigenvalue weighted by molar-refractivity contribution is -0.0754. The van der Waals surface area contributed by atoms with Gasteiger partial charge in [-0.3, -0.25) is 4.57 Å². The lowest BCUT2D eigenvalue weighted by Crippen LogP contribution is -2.31. The molecule has 0 aliphatic carbocycles. The topological polar surface area (TPSA) is 90.4 Å². The predicted molar refractivity (Wildman–Crippen MR) is 55.6 cm³/mol. The Kier molecular flexibility index (Phi) is 4.39. The van der Waals surface area contributed by atoms with Crippen molar-refractivity contribution in [2.24, 2.45) is 0 Å². The van der Waals surface area contributed by atoms with Crippen molar-refractivity contribution in [3.8, 4) is 0 Å². The fraction of sp³-hybridized carbons (Fsp3) is 0.556. The maximum absolute atomic E-state index is 12.3. The van der Waals surface area contributed by atoms with Crippen LogP contribution in [-0.2, 0) is 4.74 Å². The lowest BCUT2D eigenvalue weighted by Gasteiger charge is -2.19. The van der Waals surface area contributed by atoms with E-state index in [9.17, 15) is 9.18 Å². The molecular formula is C9H14FN3O3. The van der Waals surface area contributed by atoms with Crippen LogP contribution >= 0.6 is 0 Å². The van der Waals surface area contributed by atoms with Gasteiger partial charge in [-0.05, 0) is 13.0 Å². The number of rotatable bonds is 5. The van der Waals surface area contributed by atoms with E-state index in [0.717, 1.165) is 4.57 Å². The van der Waals surface area contributed by atoms with E-state index in [1.165, 1.54) is 12.3 Å². The third kappa shape index (κ3) is 3.01. The summed E-state index contributed by atoms with van der Waals surface area (Å²) in [5.41, 5.74) is 4.74. The van der Waals surface area contributed by atoms with Crippen LogP contribution in [0.15, 0.2) is 17.1 Å². The SMILES string of the molecule is CC(OC(CO)CF)n1ccc(N)nc1=O. The van der Waals surface area contributed by atoms with Crippen molar-refractivity contribution >= 4 is 5.82 Å². The number of nitrogen functional groups attached to an aromatic ring is 1. The van der Waals surface area contributed by atoms with Gasteiger partial charge in [-0.15, -0.1) is 0 Å². The zero-order valence-electron chi connectivity index (χ0n) is 8.84. The minimum atomic E-state index is -0.945. The molecule has 0 bridgehead atoms. The Morgan fingerprint density at radius 2 is 2.44 bits per heavy atom. The molecule has 0 spiro atoms. The van der Waals surface area contributed by atoms with Gasteiger partial charge in [0.1, 0.15) is 24.8 Å². The molecule has 0 aliphatic heterocycles. The molecular weight excluding hydrogens is 217 g/mol. The summed E-state index contributed by atoms with van der Waals surface area (Å²) >= 11 is 0. The Balaban J connectivity index is 2.80. The number of aliphatic hydroxyl groups is 1. The number of alkyl halides is 1. The van der Waals surface area contributed by atoms with Crippen LogP contribution in [0.1, 0.15) is 13.2 Å². The van der Waals surface area contributed by atoms with E-state index < -0.39 is 31.3 Å². The van der Waals surface area contributed by atoms with Gasteiger partial charge in [-0.1, -0.05) is 0 Å². The van der Waals surface area contributed by atoms with Gasteiger partial charge in [0.15, 0.2) is 0 Å². The second-order valence-corrected chi connectivity index (χ2v) is 3.24. The third-order valence-corrected chi connectivity index (χ3v) is 2.01. The van der Waals surface area contributed by atoms with E-state index in [1.807, 2.05) is 0 Å². The number of hydrogen-bond donors (Lipinski definition) is 2. The van der Waals surface area contributed by atoms with Crippen LogP contribution in [0, 0.1) is 0 Å². The molecule has 0 amide bonds. The first-order chi connectivity index (χ1) is 7.58. The molecule has 90 valence electrons. The van der Waals surface area contributed by atoms with Gasteiger partial charge in [-0.25, -0.2) is 9.18 Å². The summed E-state index contributed by atoms with van der Waals surface area (Å²) in [5.74, 6) is 0.109. The first-order valence-corrected chi connectivity index (χ1v) is 4.75. The Morgan fingerprint density at radius 3 is 2.94 bits per heavy atom. The van der Waals surface area contributed by atoms with Crippen molar-refractivity contribution in [1.29, 1.82) is 0 Å². The number of ether oxygens (including phenoxy) is 1. The van der Waals surface area contributed by atoms with Crippen molar-refractivity contribution in [3.63, 3.8) is 0 Å². The molecule has 6 nitrogen and oxygen atoms in total. The van der Waals surface area contributed by atoms with Gasteiger partial charge in [0, 0.05) is 6.20 Å². The van der Waals surface area contributed by atoms with Crippen LogP contribution in [-0.4, -0.2) is 34.0 Å². The van der Waals surface area contributed by atoms with E-state index in [2.05, 4.69) is 4.98 Å². The Labute approximate surface area is 91.5 Å². The molecule has 0 saturated heterocycles. The Morgan fingerprint density at radius 1 is 1.75 bits per heavy atom. The smallest absolute Gasteiger partial charge is 0.351 e. The Hall–Kier alpha value is -1.47. The van der Waals surface area contributed by atoms with E-state index in [1.54, 1.807) is 6.92 Å². The van der Waals surface area contributed by atoms with Crippen molar-refractivity contribution in [2.45, 2.75) is 19.3 Å². The highest BCUT2D eigenvalue weighted by Gasteiger charge is 2.14. The highest BCUT2D eigenvalue weighted by atomic mass is 19.1. The summed E-state index contributed by atoms with van der Waals surface area (Å²) in [5, 5.41) is 8.75. The number of nitrogens with two attached hydrogens (primary N) is 1. The zero-order chi connectivity index (χ0) is 12.1. The maximum atomic E-state index is 12.3. The molecule has 7 heteroatoms. The van der Waals surface area contributed by atoms with Crippen molar-refractivity contribution in [3.05, 3.63) is 22.7 Å². The van der Waals surface area contributed by atoms with Crippen LogP contribution in [0.4, 0.5) is 10.2 Å². The summed E-state index contributed by atoms with van der Waals surface area (Å²) in [6, 6.07) is 1.44. The first kappa shape index (κ1) is 12.6. The molecule has 16 heavy (non-hydrogen) atoms. The summed E-state index contributed by atoms with van der Waals surface area (Å²) in [6.07, 6.45) is -0.255. The van der Waals surface area contributed by atoms with Gasteiger partial charge >= 0.3 is 5.69 Å². The number of anilines is 1. The first-order valence-electron chi connectivity index (χ1n) is 4.75. The van der Waals surface area contributed by atoms with Gasteiger partial charge in [0.2, 0.25) is 0 Å². The average molecular weight is 231 g/mol. The second kappa shape index (κ2) is 5.57. The van der Waals surface area contributed by atoms with Crippen LogP contribution in [0.5, 0.6) is 0 Å². The fourth-order valence-corrected chi connectivity index (χ4v) is 1.17. The Bertz CT molecular complexity index is 392. The zero-order valence-corrected chi connectivity index (χ0v) is 8.84. The highest BCUT2D eigenvalue weighted by Crippen LogP contribution is 2.08. The van der Waals surface area contributed by atoms with Gasteiger partial charge in [0.05, 0.1) is 6.61 Å². The van der Waals surface area contributed by atoms with E-state index in [4.69, 9.17) is 15.6 Å². The molecule has 2 unspecified atom stereocenters. The number of halogens is 1. The maximum Gasteiger partial charge on any atom is 0.351 e. The van der Waals surface area contributed by atoms with E-state index >= 15 is 0 Å². The number of aromatic nitrogens is 2. The molecule has 2 atom stereocenters. The fourth-order valence-electron chi connectivity index (χ4n) is 1.17. The molecule has 1 aromatic heterocycles. The summed E-state index contributed by atoms with van der Waals surface area (Å²) in [6.45, 7) is 0.285. The van der Waals surface area contributed by atoms with Gasteiger partial charge in [0.25, 0.3) is 0 Å². The standard InChI is InChI=1S/C9H14FN3O3/c1-6(16-7(4-10)5-14)13-3-2-8(11)12-9(13)15/h2-3,6-7,14H,4-5H2,1H3,(H2,11,12,15). The molecule has 1 rings (SSSR count). The largest absolute Gasteiger partial charge is 0.394 e. The monoisotopic (exact) mass is 231 g/mol.